The molecule has 0 fully saturated rings. The Labute approximate surface area is 688 Å². The molecule has 6 aromatic rings. The number of ether oxygens (including phenoxy) is 4. The highest BCUT2D eigenvalue weighted by molar-refractivity contribution is 6.63. The van der Waals surface area contributed by atoms with Gasteiger partial charge >= 0.3 is 96.2 Å². The van der Waals surface area contributed by atoms with Crippen molar-refractivity contribution in [2.45, 2.75) is 131 Å². The van der Waals surface area contributed by atoms with E-state index in [1.165, 1.54) is 27.7 Å². The van der Waals surface area contributed by atoms with Crippen LogP contribution in [0.25, 0.3) is 0 Å². The zero-order valence-electron chi connectivity index (χ0n) is 66.6. The highest BCUT2D eigenvalue weighted by atomic mass is 28.4. The Morgan fingerprint density at radius 1 is 0.248 bits per heavy atom. The van der Waals surface area contributed by atoms with E-state index in [1.807, 2.05) is 0 Å². The highest BCUT2D eigenvalue weighted by Crippen LogP contribution is 2.60. The maximum atomic E-state index is 15.9. The third kappa shape index (κ3) is 23.2. The molecule has 0 heterocycles. The normalized spacial score (nSPS) is 13.0. The van der Waals surface area contributed by atoms with Gasteiger partial charge in [-0.15, -0.1) is 0 Å². The number of carbonyl (C=O) groups excluding carboxylic acids is 4. The summed E-state index contributed by atoms with van der Waals surface area (Å²) >= 11 is 0. The van der Waals surface area contributed by atoms with Gasteiger partial charge in [0.1, 0.15) is 34.5 Å². The van der Waals surface area contributed by atoms with E-state index >= 15 is 79.0 Å². The standard InChI is InChI=1S/C79H86F18O20Si4/c1-51(2)67(98)108-43-15-47-118(102-9,103-10)112-61-31-19-55(20-32-61)71(74(80,81)82,75(83,84)85)58-25-37-64(38-26-58)115-121(50-18-46-111-70(101)54(7)8,116-65-39-27-59(28-40-65)72(76(86,87)88,77(89,90)91)56-21-33-62(34-22-56)113-119(104-11,105-12)48-16-44-109-68(99)52(3)4)117-66-41-29-60(30-42-66)73(78(92,93)94,79(95,96)97)57-23-35-63(36-24-57)114-120(106-13,107-14)49-17-45-110-69(100)53(5)6/h19-42H,1,3,5,7,15-18,43-50H2,2,4,6,8-14H3. The van der Waals surface area contributed by atoms with Gasteiger partial charge in [-0.3, -0.25) is 0 Å². The van der Waals surface area contributed by atoms with Crippen LogP contribution in [-0.2, 0) is 80.9 Å². The molecule has 0 amide bonds. The molecule has 664 valence electrons. The number of alkyl halides is 18. The van der Waals surface area contributed by atoms with Gasteiger partial charge in [0.2, 0.25) is 16.2 Å². The SMILES string of the molecule is C=C(C)C(=O)OCCC[Si](OC)(OC)Oc1ccc(C(c2ccc(O[Si](CCCOC(=O)C(=C)C)(Oc3ccc(C(c4ccc(O[Si](CCCOC(=O)C(=C)C)(OC)OC)cc4)(C(F)(F)F)C(F)(F)F)cc3)Oc3ccc(C(c4ccc(O[Si](CCCOC(=O)C(=C)C)(OC)OC)cc4)(C(F)(F)F)C(F)(F)F)cc3)cc2)(C(F)(F)F)C(F)(F)F)cc1. The first-order valence-electron chi connectivity index (χ1n) is 36.1. The maximum absolute atomic E-state index is 15.9. The summed E-state index contributed by atoms with van der Waals surface area (Å²) in [4.78, 5) is 48.7. The van der Waals surface area contributed by atoms with Gasteiger partial charge in [0.15, 0.2) is 0 Å². The van der Waals surface area contributed by atoms with E-state index < -0.39 is 182 Å². The first-order valence-corrected chi connectivity index (χ1v) is 43.8. The lowest BCUT2D eigenvalue weighted by atomic mass is 9.73. The molecule has 42 heteroatoms. The van der Waals surface area contributed by atoms with Crippen LogP contribution in [0, 0.1) is 0 Å². The summed E-state index contributed by atoms with van der Waals surface area (Å²) in [6.07, 6.45) is -38.4. The van der Waals surface area contributed by atoms with Crippen molar-refractivity contribution in [2.75, 3.05) is 69.1 Å². The summed E-state index contributed by atoms with van der Waals surface area (Å²) in [5.74, 6) is -6.94. The average Bonchev–Trinajstić information content (AvgIpc) is 0.725. The maximum Gasteiger partial charge on any atom is 0.699 e. The summed E-state index contributed by atoms with van der Waals surface area (Å²) in [7, 11) is -10.4. The molecule has 0 spiro atoms. The van der Waals surface area contributed by atoms with Crippen LogP contribution in [0.3, 0.4) is 0 Å². The first-order chi connectivity index (χ1) is 56.3. The fraction of sp³-hybridized carbons (Fsp3) is 0.392. The minimum atomic E-state index is -6.32. The number of rotatable bonds is 44. The predicted molar refractivity (Wildman–Crippen MR) is 407 cm³/mol. The second-order valence-corrected chi connectivity index (χ2v) is 38.2. The van der Waals surface area contributed by atoms with Gasteiger partial charge in [0.05, 0.1) is 32.5 Å². The van der Waals surface area contributed by atoms with Crippen LogP contribution in [0.2, 0.25) is 24.2 Å². The lowest BCUT2D eigenvalue weighted by Gasteiger charge is -2.39. The van der Waals surface area contributed by atoms with E-state index in [9.17, 15) is 19.2 Å². The van der Waals surface area contributed by atoms with Gasteiger partial charge in [-0.1, -0.05) is 99.1 Å². The van der Waals surface area contributed by atoms with E-state index in [1.54, 1.807) is 0 Å². The minimum Gasteiger partial charge on any atom is -0.501 e. The molecular formula is C79H86F18O20Si4. The Hall–Kier alpha value is -9.67. The summed E-state index contributed by atoms with van der Waals surface area (Å²) < 4.78 is 377. The Morgan fingerprint density at radius 3 is 0.504 bits per heavy atom. The van der Waals surface area contributed by atoms with Crippen LogP contribution < -0.4 is 26.6 Å². The molecule has 0 unspecified atom stereocenters. The van der Waals surface area contributed by atoms with E-state index in [0.29, 0.717) is 72.8 Å². The monoisotopic (exact) mass is 1810 g/mol. The second-order valence-electron chi connectivity index (χ2n) is 27.0. The van der Waals surface area contributed by atoms with Crippen molar-refractivity contribution in [2.24, 2.45) is 0 Å². The van der Waals surface area contributed by atoms with Crippen molar-refractivity contribution in [3.05, 3.63) is 228 Å². The Balaban J connectivity index is 1.55. The lowest BCUT2D eigenvalue weighted by Crippen LogP contribution is -2.56. The van der Waals surface area contributed by atoms with Crippen molar-refractivity contribution in [1.29, 1.82) is 0 Å². The predicted octanol–water partition coefficient (Wildman–Crippen LogP) is 19.3. The van der Waals surface area contributed by atoms with Crippen molar-refractivity contribution >= 4 is 59.1 Å². The van der Waals surface area contributed by atoms with Gasteiger partial charge in [-0.25, -0.2) is 19.2 Å². The van der Waals surface area contributed by atoms with Gasteiger partial charge in [0, 0.05) is 83.1 Å². The summed E-state index contributed by atoms with van der Waals surface area (Å²) in [5.41, 5.74) is -24.2. The van der Waals surface area contributed by atoms with Crippen molar-refractivity contribution in [3.8, 4) is 34.5 Å². The van der Waals surface area contributed by atoms with Crippen molar-refractivity contribution in [3.63, 3.8) is 0 Å². The third-order valence-electron chi connectivity index (χ3n) is 18.6. The zero-order chi connectivity index (χ0) is 90.8. The molecular weight excluding hydrogens is 1720 g/mol. The molecule has 0 saturated heterocycles. The van der Waals surface area contributed by atoms with Crippen LogP contribution in [0.1, 0.15) is 86.8 Å². The Morgan fingerprint density at radius 2 is 0.380 bits per heavy atom. The zero-order valence-corrected chi connectivity index (χ0v) is 70.6. The molecule has 0 aliphatic carbocycles. The number of hydrogen-bond donors (Lipinski definition) is 0. The van der Waals surface area contributed by atoms with E-state index in [-0.39, 0.29) is 133 Å². The fourth-order valence-electron chi connectivity index (χ4n) is 12.4. The number of benzene rings is 6. The largest absolute Gasteiger partial charge is 0.699 e. The molecule has 0 bridgehead atoms. The Kier molecular flexibility index (Phi) is 33.6. The number of halogens is 18. The van der Waals surface area contributed by atoms with Gasteiger partial charge in [-0.2, -0.15) is 79.0 Å². The van der Waals surface area contributed by atoms with Gasteiger partial charge in [-0.05, 0) is 160 Å². The second kappa shape index (κ2) is 40.6. The third-order valence-corrected chi connectivity index (χ3v) is 29.5. The molecule has 0 atom stereocenters. The topological polar surface area (TPSA) is 216 Å². The van der Waals surface area contributed by atoms with Crippen LogP contribution in [0.5, 0.6) is 34.5 Å². The van der Waals surface area contributed by atoms with Crippen molar-refractivity contribution < 1.29 is 170 Å². The number of esters is 4. The van der Waals surface area contributed by atoms with Crippen LogP contribution in [0.4, 0.5) is 79.0 Å². The number of carbonyl (C=O) groups is 4. The lowest BCUT2D eigenvalue weighted by molar-refractivity contribution is -0.290. The first kappa shape index (κ1) is 100. The quantitative estimate of drug-likeness (QED) is 0.00867. The summed E-state index contributed by atoms with van der Waals surface area (Å²) in [5, 5.41) is 0. The smallest absolute Gasteiger partial charge is 0.501 e. The van der Waals surface area contributed by atoms with Crippen LogP contribution in [-0.4, -0.2) is 165 Å². The van der Waals surface area contributed by atoms with E-state index in [4.69, 9.17) is 72.1 Å². The molecule has 0 radical (unpaired) electrons. The van der Waals surface area contributed by atoms with Gasteiger partial charge in [0.25, 0.3) is 0 Å². The molecule has 121 heavy (non-hydrogen) atoms. The average molecular weight is 1810 g/mol. The molecule has 20 nitrogen and oxygen atoms in total. The molecule has 6 aromatic carbocycles. The summed E-state index contributed by atoms with van der Waals surface area (Å²) in [6.45, 7) is 17.8. The minimum absolute atomic E-state index is 0.0238. The van der Waals surface area contributed by atoms with Crippen molar-refractivity contribution in [1.82, 2.24) is 0 Å². The molecule has 0 aliphatic rings. The van der Waals surface area contributed by atoms with E-state index in [2.05, 4.69) is 26.3 Å². The molecule has 6 rings (SSSR count). The summed E-state index contributed by atoms with van der Waals surface area (Å²) in [6, 6.07) is 10.4. The molecule has 0 aliphatic heterocycles. The highest BCUT2D eigenvalue weighted by Gasteiger charge is 2.75. The van der Waals surface area contributed by atoms with Crippen LogP contribution >= 0.6 is 0 Å². The molecule has 0 saturated carbocycles. The molecule has 0 N–H and O–H groups in total. The van der Waals surface area contributed by atoms with E-state index in [0.717, 1.165) is 79.1 Å². The molecule has 0 aromatic heterocycles. The number of hydrogen-bond acceptors (Lipinski definition) is 20. The fourth-order valence-corrected chi connectivity index (χ4v) is 20.7. The Bertz CT molecular complexity index is 4030. The van der Waals surface area contributed by atoms with Crippen LogP contribution in [0.15, 0.2) is 194 Å². The van der Waals surface area contributed by atoms with Gasteiger partial charge < -0.3 is 72.1 Å².